The molecule has 2 rings (SSSR count). The molecule has 0 spiro atoms. The molecule has 114 valence electrons. The molecule has 1 aromatic rings. The highest BCUT2D eigenvalue weighted by Gasteiger charge is 2.26. The largest absolute Gasteiger partial charge is 0.481 e. The Morgan fingerprint density at radius 3 is 2.77 bits per heavy atom. The summed E-state index contributed by atoms with van der Waals surface area (Å²) in [6, 6.07) is 5.21. The molecule has 6 nitrogen and oxygen atoms in total. The van der Waals surface area contributed by atoms with Gasteiger partial charge >= 0.3 is 5.97 Å². The molecule has 0 saturated heterocycles. The van der Waals surface area contributed by atoms with Crippen molar-refractivity contribution < 1.29 is 14.7 Å². The number of carboxylic acid groups (broad SMARTS) is 1. The van der Waals surface area contributed by atoms with Gasteiger partial charge in [0.25, 0.3) is 0 Å². The van der Waals surface area contributed by atoms with Crippen LogP contribution in [0.25, 0.3) is 0 Å². The van der Waals surface area contributed by atoms with Gasteiger partial charge in [-0.2, -0.15) is 5.26 Å². The van der Waals surface area contributed by atoms with E-state index in [1.807, 2.05) is 6.07 Å². The second-order valence-corrected chi connectivity index (χ2v) is 5.82. The van der Waals surface area contributed by atoms with E-state index in [0.717, 1.165) is 24.6 Å². The third kappa shape index (κ3) is 4.15. The number of nitrogens with zero attached hydrogens (tertiary/aromatic N) is 3. The SMILES string of the molecule is N#CC(C(=O)c1ccc(SCC(=O)O)nc1)C1=NCCCC1. The second kappa shape index (κ2) is 7.71. The summed E-state index contributed by atoms with van der Waals surface area (Å²) in [6.07, 6.45) is 4.02. The third-order valence-electron chi connectivity index (χ3n) is 3.24. The third-order valence-corrected chi connectivity index (χ3v) is 4.17. The molecular weight excluding hydrogens is 302 g/mol. The Labute approximate surface area is 132 Å². The summed E-state index contributed by atoms with van der Waals surface area (Å²) in [4.78, 5) is 31.3. The first-order valence-corrected chi connectivity index (χ1v) is 7.88. The fraction of sp³-hybridized carbons (Fsp3) is 0.400. The molecule has 0 fully saturated rings. The Bertz CT molecular complexity index is 634. The Hall–Kier alpha value is -2.20. The molecule has 7 heteroatoms. The first-order valence-electron chi connectivity index (χ1n) is 6.89. The first kappa shape index (κ1) is 16.2. The lowest BCUT2D eigenvalue weighted by Crippen LogP contribution is -2.25. The lowest BCUT2D eigenvalue weighted by atomic mass is 9.91. The summed E-state index contributed by atoms with van der Waals surface area (Å²) >= 11 is 1.08. The van der Waals surface area contributed by atoms with Crippen LogP contribution in [0.2, 0.25) is 0 Å². The predicted octanol–water partition coefficient (Wildman–Crippen LogP) is 2.21. The van der Waals surface area contributed by atoms with Gasteiger partial charge in [-0.1, -0.05) is 11.8 Å². The molecule has 0 amide bonds. The van der Waals surface area contributed by atoms with Crippen LogP contribution in [0.15, 0.2) is 28.3 Å². The van der Waals surface area contributed by atoms with E-state index in [9.17, 15) is 14.9 Å². The molecule has 0 radical (unpaired) electrons. The number of pyridine rings is 1. The molecule has 0 aromatic carbocycles. The molecule has 1 aliphatic rings. The summed E-state index contributed by atoms with van der Waals surface area (Å²) in [6.45, 7) is 0.670. The fourth-order valence-corrected chi connectivity index (χ4v) is 2.72. The highest BCUT2D eigenvalue weighted by molar-refractivity contribution is 7.99. The normalized spacial score (nSPS) is 15.5. The summed E-state index contributed by atoms with van der Waals surface area (Å²) in [5, 5.41) is 18.4. The van der Waals surface area contributed by atoms with Gasteiger partial charge in [0, 0.05) is 24.0 Å². The van der Waals surface area contributed by atoms with Crippen molar-refractivity contribution in [3.05, 3.63) is 23.9 Å². The summed E-state index contributed by atoms with van der Waals surface area (Å²) < 4.78 is 0. The minimum Gasteiger partial charge on any atom is -0.481 e. The molecule has 0 saturated carbocycles. The Kier molecular flexibility index (Phi) is 5.67. The minimum absolute atomic E-state index is 0.0854. The van der Waals surface area contributed by atoms with Gasteiger partial charge in [0.1, 0.15) is 5.92 Å². The van der Waals surface area contributed by atoms with E-state index in [2.05, 4.69) is 9.98 Å². The van der Waals surface area contributed by atoms with Gasteiger partial charge in [0.2, 0.25) is 0 Å². The van der Waals surface area contributed by atoms with Crippen molar-refractivity contribution in [2.24, 2.45) is 10.9 Å². The Morgan fingerprint density at radius 1 is 1.41 bits per heavy atom. The maximum Gasteiger partial charge on any atom is 0.313 e. The van der Waals surface area contributed by atoms with Crippen molar-refractivity contribution in [2.45, 2.75) is 24.3 Å². The van der Waals surface area contributed by atoms with E-state index < -0.39 is 11.9 Å². The molecular formula is C15H15N3O3S. The van der Waals surface area contributed by atoms with E-state index in [4.69, 9.17) is 5.11 Å². The molecule has 1 atom stereocenters. The van der Waals surface area contributed by atoms with Crippen LogP contribution in [0.3, 0.4) is 0 Å². The molecule has 0 aliphatic carbocycles. The number of carboxylic acids is 1. The lowest BCUT2D eigenvalue weighted by Gasteiger charge is -2.15. The zero-order chi connectivity index (χ0) is 15.9. The number of ketones is 1. The average molecular weight is 317 g/mol. The van der Waals surface area contributed by atoms with Crippen LogP contribution >= 0.6 is 11.8 Å². The van der Waals surface area contributed by atoms with Gasteiger partial charge in [-0.25, -0.2) is 4.98 Å². The Morgan fingerprint density at radius 2 is 2.23 bits per heavy atom. The first-order chi connectivity index (χ1) is 10.6. The number of aromatic nitrogens is 1. The van der Waals surface area contributed by atoms with Crippen LogP contribution in [-0.2, 0) is 4.79 Å². The number of thioether (sulfide) groups is 1. The number of aliphatic imine (C=N–C) groups is 1. The van der Waals surface area contributed by atoms with Crippen molar-refractivity contribution in [1.82, 2.24) is 4.98 Å². The van der Waals surface area contributed by atoms with E-state index in [-0.39, 0.29) is 11.5 Å². The zero-order valence-corrected chi connectivity index (χ0v) is 12.7. The second-order valence-electron chi connectivity index (χ2n) is 4.82. The highest BCUT2D eigenvalue weighted by Crippen LogP contribution is 2.19. The van der Waals surface area contributed by atoms with Gasteiger partial charge in [0.05, 0.1) is 16.8 Å². The van der Waals surface area contributed by atoms with Crippen LogP contribution in [-0.4, -0.2) is 39.9 Å². The molecule has 0 bridgehead atoms. The number of carbonyl (C=O) groups excluding carboxylic acids is 1. The minimum atomic E-state index is -0.924. The maximum atomic E-state index is 12.4. The smallest absolute Gasteiger partial charge is 0.313 e. The number of hydrogen-bond acceptors (Lipinski definition) is 6. The van der Waals surface area contributed by atoms with Crippen molar-refractivity contribution >= 4 is 29.2 Å². The molecule has 22 heavy (non-hydrogen) atoms. The van der Waals surface area contributed by atoms with Crippen molar-refractivity contribution in [2.75, 3.05) is 12.3 Å². The van der Waals surface area contributed by atoms with E-state index >= 15 is 0 Å². The average Bonchev–Trinajstić information content (AvgIpc) is 2.55. The van der Waals surface area contributed by atoms with Crippen molar-refractivity contribution in [3.63, 3.8) is 0 Å². The van der Waals surface area contributed by atoms with Gasteiger partial charge < -0.3 is 5.11 Å². The highest BCUT2D eigenvalue weighted by atomic mass is 32.2. The van der Waals surface area contributed by atoms with E-state index in [0.29, 0.717) is 29.3 Å². The number of rotatable bonds is 6. The number of nitriles is 1. The number of aliphatic carboxylic acids is 1. The van der Waals surface area contributed by atoms with Crippen LogP contribution < -0.4 is 0 Å². The maximum absolute atomic E-state index is 12.4. The van der Waals surface area contributed by atoms with Crippen LogP contribution in [0, 0.1) is 17.2 Å². The van der Waals surface area contributed by atoms with Crippen LogP contribution in [0.4, 0.5) is 0 Å². The fourth-order valence-electron chi connectivity index (χ4n) is 2.15. The standard InChI is InChI=1S/C15H15N3O3S/c16-7-11(12-3-1-2-6-17-12)15(21)10-4-5-13(18-8-10)22-9-14(19)20/h4-5,8,11H,1-3,6,9H2,(H,19,20). The van der Waals surface area contributed by atoms with Gasteiger partial charge in [-0.05, 0) is 31.4 Å². The summed E-state index contributed by atoms with van der Waals surface area (Å²) in [7, 11) is 0. The van der Waals surface area contributed by atoms with Crippen molar-refractivity contribution in [1.29, 1.82) is 5.26 Å². The van der Waals surface area contributed by atoms with Gasteiger partial charge in [0.15, 0.2) is 5.78 Å². The van der Waals surface area contributed by atoms with E-state index in [1.54, 1.807) is 12.1 Å². The van der Waals surface area contributed by atoms with Crippen LogP contribution in [0.1, 0.15) is 29.6 Å². The monoisotopic (exact) mass is 317 g/mol. The number of Topliss-reactive ketones (excluding diaryl/α,β-unsaturated/α-hetero) is 1. The van der Waals surface area contributed by atoms with Crippen LogP contribution in [0.5, 0.6) is 0 Å². The molecule has 2 heterocycles. The molecule has 1 N–H and O–H groups in total. The zero-order valence-electron chi connectivity index (χ0n) is 11.9. The summed E-state index contributed by atoms with van der Waals surface area (Å²) in [5.41, 5.74) is 1.00. The van der Waals surface area contributed by atoms with Gasteiger partial charge in [-0.3, -0.25) is 14.6 Å². The molecule has 1 unspecified atom stereocenters. The predicted molar refractivity (Wildman–Crippen MR) is 82.2 cm³/mol. The number of carbonyl (C=O) groups is 2. The van der Waals surface area contributed by atoms with E-state index in [1.165, 1.54) is 6.20 Å². The quantitative estimate of drug-likeness (QED) is 0.637. The lowest BCUT2D eigenvalue weighted by molar-refractivity contribution is -0.133. The van der Waals surface area contributed by atoms with Gasteiger partial charge in [-0.15, -0.1) is 0 Å². The molecule has 1 aromatic heterocycles. The Balaban J connectivity index is 2.09. The molecule has 1 aliphatic heterocycles. The summed E-state index contributed by atoms with van der Waals surface area (Å²) in [5.74, 6) is -2.16. The topological polar surface area (TPSA) is 103 Å². The van der Waals surface area contributed by atoms with Crippen molar-refractivity contribution in [3.8, 4) is 6.07 Å². The number of hydrogen-bond donors (Lipinski definition) is 1.